The molecule has 0 aliphatic rings. The molecule has 0 heterocycles. The Morgan fingerprint density at radius 2 is 1.75 bits per heavy atom. The minimum atomic E-state index is -1.88. The van der Waals surface area contributed by atoms with Crippen molar-refractivity contribution in [3.8, 4) is 0 Å². The highest BCUT2D eigenvalue weighted by atomic mass is 16.4. The lowest BCUT2D eigenvalue weighted by atomic mass is 10.2. The van der Waals surface area contributed by atoms with Crippen LogP contribution in [-0.2, 0) is 4.79 Å². The molecular formula is C6H10O6. The SMILES string of the molecule is O=CC(O)/C(O)=C(\O)C(O)CO. The maximum Gasteiger partial charge on any atom is 0.169 e. The van der Waals surface area contributed by atoms with E-state index in [0.717, 1.165) is 0 Å². The van der Waals surface area contributed by atoms with Gasteiger partial charge in [0.25, 0.3) is 0 Å². The molecule has 0 bridgehead atoms. The molecule has 5 N–H and O–H groups in total. The summed E-state index contributed by atoms with van der Waals surface area (Å²) < 4.78 is 0. The van der Waals surface area contributed by atoms with Crippen LogP contribution in [0.3, 0.4) is 0 Å². The summed E-state index contributed by atoms with van der Waals surface area (Å²) in [4.78, 5) is 9.86. The molecule has 6 heteroatoms. The molecule has 0 fully saturated rings. The number of carbonyl (C=O) groups is 1. The van der Waals surface area contributed by atoms with Gasteiger partial charge in [0.2, 0.25) is 0 Å². The maximum absolute atomic E-state index is 9.86. The highest BCUT2D eigenvalue weighted by molar-refractivity contribution is 5.60. The molecule has 12 heavy (non-hydrogen) atoms. The summed E-state index contributed by atoms with van der Waals surface area (Å²) in [7, 11) is 0. The molecule has 0 spiro atoms. The van der Waals surface area contributed by atoms with Gasteiger partial charge in [-0.05, 0) is 0 Å². The Morgan fingerprint density at radius 3 is 2.08 bits per heavy atom. The van der Waals surface area contributed by atoms with E-state index >= 15 is 0 Å². The molecule has 0 radical (unpaired) electrons. The van der Waals surface area contributed by atoms with Gasteiger partial charge >= 0.3 is 0 Å². The van der Waals surface area contributed by atoms with Gasteiger partial charge in [-0.15, -0.1) is 0 Å². The van der Waals surface area contributed by atoms with Gasteiger partial charge in [0.1, 0.15) is 6.10 Å². The van der Waals surface area contributed by atoms with E-state index in [2.05, 4.69) is 0 Å². The smallest absolute Gasteiger partial charge is 0.169 e. The Bertz CT molecular complexity index is 186. The fraction of sp³-hybridized carbons (Fsp3) is 0.500. The molecule has 6 nitrogen and oxygen atoms in total. The zero-order valence-electron chi connectivity index (χ0n) is 6.08. The van der Waals surface area contributed by atoms with Gasteiger partial charge in [-0.1, -0.05) is 0 Å². The molecule has 0 aliphatic carbocycles. The molecule has 0 saturated heterocycles. The van der Waals surface area contributed by atoms with Crippen molar-refractivity contribution >= 4 is 6.29 Å². The van der Waals surface area contributed by atoms with Crippen molar-refractivity contribution in [3.05, 3.63) is 11.5 Å². The minimum absolute atomic E-state index is 0.0321. The molecule has 0 amide bonds. The van der Waals surface area contributed by atoms with Crippen molar-refractivity contribution in [2.24, 2.45) is 0 Å². The Balaban J connectivity index is 4.55. The molecule has 0 aliphatic heterocycles. The average molecular weight is 178 g/mol. The summed E-state index contributed by atoms with van der Waals surface area (Å²) >= 11 is 0. The van der Waals surface area contributed by atoms with Crippen LogP contribution in [0.15, 0.2) is 11.5 Å². The van der Waals surface area contributed by atoms with Gasteiger partial charge in [-0.2, -0.15) is 0 Å². The minimum Gasteiger partial charge on any atom is -0.506 e. The first-order chi connectivity index (χ1) is 5.54. The Kier molecular flexibility index (Phi) is 4.27. The molecular weight excluding hydrogens is 168 g/mol. The van der Waals surface area contributed by atoms with Crippen molar-refractivity contribution in [1.82, 2.24) is 0 Å². The monoisotopic (exact) mass is 178 g/mol. The molecule has 2 unspecified atom stereocenters. The first-order valence-electron chi connectivity index (χ1n) is 3.08. The van der Waals surface area contributed by atoms with Crippen LogP contribution in [0.1, 0.15) is 0 Å². The van der Waals surface area contributed by atoms with E-state index in [4.69, 9.17) is 25.5 Å². The summed E-state index contributed by atoms with van der Waals surface area (Å²) in [6, 6.07) is 0. The highest BCUT2D eigenvalue weighted by Gasteiger charge is 2.19. The van der Waals surface area contributed by atoms with Crippen molar-refractivity contribution in [3.63, 3.8) is 0 Å². The zero-order chi connectivity index (χ0) is 9.72. The second kappa shape index (κ2) is 4.70. The number of hydrogen-bond acceptors (Lipinski definition) is 6. The number of aldehydes is 1. The van der Waals surface area contributed by atoms with Gasteiger partial charge < -0.3 is 25.5 Å². The number of aliphatic hydroxyl groups is 5. The molecule has 70 valence electrons. The molecule has 0 saturated carbocycles. The fourth-order valence-electron chi connectivity index (χ4n) is 0.473. The van der Waals surface area contributed by atoms with Crippen LogP contribution < -0.4 is 0 Å². The van der Waals surface area contributed by atoms with E-state index < -0.39 is 30.3 Å². The van der Waals surface area contributed by atoms with Crippen LogP contribution in [0.5, 0.6) is 0 Å². The Hall–Kier alpha value is -1.11. The van der Waals surface area contributed by atoms with Gasteiger partial charge in [-0.25, -0.2) is 0 Å². The third-order valence-electron chi connectivity index (χ3n) is 1.16. The molecule has 0 rings (SSSR count). The van der Waals surface area contributed by atoms with Gasteiger partial charge in [0, 0.05) is 0 Å². The first-order valence-corrected chi connectivity index (χ1v) is 3.08. The predicted molar refractivity (Wildman–Crippen MR) is 37.4 cm³/mol. The molecule has 0 aromatic rings. The van der Waals surface area contributed by atoms with E-state index in [1.165, 1.54) is 0 Å². The molecule has 0 aromatic heterocycles. The number of aliphatic hydroxyl groups excluding tert-OH is 5. The Labute approximate surface area is 68.0 Å². The van der Waals surface area contributed by atoms with Crippen LogP contribution in [-0.4, -0.2) is 50.6 Å². The van der Waals surface area contributed by atoms with E-state index in [9.17, 15) is 4.79 Å². The summed E-state index contributed by atoms with van der Waals surface area (Å²) in [6.07, 6.45) is -3.61. The fourth-order valence-corrected chi connectivity index (χ4v) is 0.473. The standard InChI is InChI=1S/C6H10O6/c7-1-3(9)5(11)6(12)4(10)2-8/h1,3-4,8-12H,2H2/b6-5+. The summed E-state index contributed by atoms with van der Waals surface area (Å²) in [5.74, 6) is -2.08. The molecule has 0 aromatic carbocycles. The van der Waals surface area contributed by atoms with E-state index in [1.807, 2.05) is 0 Å². The summed E-state index contributed by atoms with van der Waals surface area (Å²) in [5, 5.41) is 43.1. The van der Waals surface area contributed by atoms with Crippen molar-refractivity contribution in [1.29, 1.82) is 0 Å². The number of hydrogen-bond donors (Lipinski definition) is 5. The van der Waals surface area contributed by atoms with Crippen molar-refractivity contribution in [2.45, 2.75) is 12.2 Å². The lowest BCUT2D eigenvalue weighted by Gasteiger charge is -2.09. The van der Waals surface area contributed by atoms with E-state index in [-0.39, 0.29) is 6.29 Å². The lowest BCUT2D eigenvalue weighted by Crippen LogP contribution is -2.22. The highest BCUT2D eigenvalue weighted by Crippen LogP contribution is 2.06. The van der Waals surface area contributed by atoms with Crippen molar-refractivity contribution < 1.29 is 30.3 Å². The normalized spacial score (nSPS) is 17.9. The number of rotatable bonds is 4. The van der Waals surface area contributed by atoms with E-state index in [0.29, 0.717) is 0 Å². The topological polar surface area (TPSA) is 118 Å². The largest absolute Gasteiger partial charge is 0.506 e. The lowest BCUT2D eigenvalue weighted by molar-refractivity contribution is -0.114. The summed E-state index contributed by atoms with van der Waals surface area (Å²) in [5.41, 5.74) is 0. The van der Waals surface area contributed by atoms with Crippen LogP contribution in [0, 0.1) is 0 Å². The van der Waals surface area contributed by atoms with Gasteiger partial charge in [0.05, 0.1) is 6.61 Å². The third kappa shape index (κ3) is 2.50. The Morgan fingerprint density at radius 1 is 1.25 bits per heavy atom. The first kappa shape index (κ1) is 10.9. The van der Waals surface area contributed by atoms with Crippen LogP contribution in [0.4, 0.5) is 0 Å². The average Bonchev–Trinajstić information content (AvgIpc) is 2.12. The van der Waals surface area contributed by atoms with Gasteiger partial charge in [-0.3, -0.25) is 4.79 Å². The molecule has 2 atom stereocenters. The zero-order valence-corrected chi connectivity index (χ0v) is 6.08. The summed E-state index contributed by atoms with van der Waals surface area (Å²) in [6.45, 7) is -0.818. The van der Waals surface area contributed by atoms with E-state index in [1.54, 1.807) is 0 Å². The number of carbonyl (C=O) groups excluding carboxylic acids is 1. The van der Waals surface area contributed by atoms with Crippen molar-refractivity contribution in [2.75, 3.05) is 6.61 Å². The van der Waals surface area contributed by atoms with Crippen LogP contribution >= 0.6 is 0 Å². The second-order valence-corrected chi connectivity index (χ2v) is 2.05. The van der Waals surface area contributed by atoms with Crippen LogP contribution in [0.2, 0.25) is 0 Å². The van der Waals surface area contributed by atoms with Gasteiger partial charge in [0.15, 0.2) is 23.9 Å². The third-order valence-corrected chi connectivity index (χ3v) is 1.16. The predicted octanol–water partition coefficient (Wildman–Crippen LogP) is -1.77. The quantitative estimate of drug-likeness (QED) is 0.257. The van der Waals surface area contributed by atoms with Crippen LogP contribution in [0.25, 0.3) is 0 Å². The second-order valence-electron chi connectivity index (χ2n) is 2.05. The maximum atomic E-state index is 9.86.